The SMILES string of the molecule is Ic1cc2c(cc1OCc1ccccc1)Cc1cc(I)c(OCc3ccccc3)cc1Cc1cc(I)c(OCc3ccccc3)cc1C2. The van der Waals surface area contributed by atoms with Gasteiger partial charge in [0.05, 0.1) is 10.7 Å². The Labute approximate surface area is 323 Å². The van der Waals surface area contributed by atoms with Crippen molar-refractivity contribution in [1.29, 1.82) is 0 Å². The van der Waals surface area contributed by atoms with E-state index in [2.05, 4.69) is 177 Å². The van der Waals surface area contributed by atoms with Crippen molar-refractivity contribution in [2.24, 2.45) is 0 Å². The Hall–Kier alpha value is -3.09. The number of hydrogen-bond acceptors (Lipinski definition) is 3. The van der Waals surface area contributed by atoms with Crippen LogP contribution in [0.5, 0.6) is 17.2 Å². The van der Waals surface area contributed by atoms with Crippen LogP contribution in [0.1, 0.15) is 50.1 Å². The zero-order valence-corrected chi connectivity index (χ0v) is 32.7. The average molecular weight is 966 g/mol. The van der Waals surface area contributed by atoms with Crippen LogP contribution in [0, 0.1) is 10.7 Å². The fourth-order valence-corrected chi connectivity index (χ4v) is 8.11. The van der Waals surface area contributed by atoms with Crippen molar-refractivity contribution in [2.75, 3.05) is 0 Å². The number of fused-ring (bicyclic) bond motifs is 3. The summed E-state index contributed by atoms with van der Waals surface area (Å²) in [6.07, 6.45) is 2.46. The van der Waals surface area contributed by atoms with E-state index in [1.807, 2.05) is 18.2 Å². The van der Waals surface area contributed by atoms with E-state index in [1.165, 1.54) is 33.4 Å². The highest BCUT2D eigenvalue weighted by Crippen LogP contribution is 2.37. The van der Waals surface area contributed by atoms with E-state index in [9.17, 15) is 0 Å². The van der Waals surface area contributed by atoms with E-state index in [-0.39, 0.29) is 0 Å². The Morgan fingerprint density at radius 1 is 0.354 bits per heavy atom. The Kier molecular flexibility index (Phi) is 10.9. The normalized spacial score (nSPS) is 12.1. The molecule has 0 bridgehead atoms. The minimum Gasteiger partial charge on any atom is -0.488 e. The molecule has 0 saturated carbocycles. The highest BCUT2D eigenvalue weighted by atomic mass is 127. The molecule has 0 fully saturated rings. The number of benzene rings is 6. The Morgan fingerprint density at radius 3 is 0.875 bits per heavy atom. The van der Waals surface area contributed by atoms with Crippen LogP contribution in [0.2, 0.25) is 0 Å². The van der Waals surface area contributed by atoms with Crippen LogP contribution in [-0.2, 0) is 39.1 Å². The van der Waals surface area contributed by atoms with Crippen molar-refractivity contribution < 1.29 is 14.2 Å². The second-order valence-corrected chi connectivity index (χ2v) is 15.5. The molecule has 0 unspecified atom stereocenters. The summed E-state index contributed by atoms with van der Waals surface area (Å²) in [5.41, 5.74) is 11.3. The standard InChI is InChI=1S/C42H33I3O3/c43-37-19-31-17-35-23-41(47-26-29-12-6-2-7-13-29)39(45)21-33(35)18-36-24-42(48-27-30-14-8-3-9-15-30)38(44)20-32(36)16-34(31)22-40(37)46-25-28-10-4-1-5-11-28/h1-15,19-24H,16-18,25-27H2. The summed E-state index contributed by atoms with van der Waals surface area (Å²) >= 11 is 7.28. The summed E-state index contributed by atoms with van der Waals surface area (Å²) in [6.45, 7) is 1.61. The highest BCUT2D eigenvalue weighted by molar-refractivity contribution is 14.1. The molecule has 6 aromatic carbocycles. The third-order valence-electron chi connectivity index (χ3n) is 8.62. The lowest BCUT2D eigenvalue weighted by Gasteiger charge is -2.17. The van der Waals surface area contributed by atoms with Gasteiger partial charge in [-0.05, 0) is 174 Å². The molecule has 0 heterocycles. The molecule has 7 rings (SSSR count). The molecular weight excluding hydrogens is 933 g/mol. The minimum atomic E-state index is 0.537. The lowest BCUT2D eigenvalue weighted by molar-refractivity contribution is 0.303. The van der Waals surface area contributed by atoms with E-state index >= 15 is 0 Å². The smallest absolute Gasteiger partial charge is 0.133 e. The summed E-state index contributed by atoms with van der Waals surface area (Å²) in [5.74, 6) is 2.77. The van der Waals surface area contributed by atoms with Gasteiger partial charge in [0.25, 0.3) is 0 Å². The van der Waals surface area contributed by atoms with Crippen LogP contribution >= 0.6 is 67.8 Å². The summed E-state index contributed by atoms with van der Waals surface area (Å²) in [7, 11) is 0. The van der Waals surface area contributed by atoms with Crippen LogP contribution in [-0.4, -0.2) is 0 Å². The quantitative estimate of drug-likeness (QED) is 0.135. The number of rotatable bonds is 9. The highest BCUT2D eigenvalue weighted by Gasteiger charge is 2.21. The molecule has 0 aliphatic heterocycles. The molecule has 0 saturated heterocycles. The predicted molar refractivity (Wildman–Crippen MR) is 218 cm³/mol. The van der Waals surface area contributed by atoms with Gasteiger partial charge >= 0.3 is 0 Å². The van der Waals surface area contributed by atoms with Crippen LogP contribution in [0.15, 0.2) is 127 Å². The second-order valence-electron chi connectivity index (χ2n) is 12.0. The zero-order chi connectivity index (χ0) is 32.9. The van der Waals surface area contributed by atoms with E-state index in [0.29, 0.717) is 19.8 Å². The first kappa shape index (κ1) is 33.4. The Morgan fingerprint density at radius 2 is 0.604 bits per heavy atom. The molecule has 48 heavy (non-hydrogen) atoms. The first-order valence-electron chi connectivity index (χ1n) is 15.9. The summed E-state index contributed by atoms with van der Waals surface area (Å²) in [6, 6.07) is 44.8. The van der Waals surface area contributed by atoms with Crippen LogP contribution in [0.3, 0.4) is 0 Å². The van der Waals surface area contributed by atoms with Gasteiger partial charge in [-0.15, -0.1) is 0 Å². The molecule has 0 radical (unpaired) electrons. The fourth-order valence-electron chi connectivity index (χ4n) is 6.05. The number of hydrogen-bond donors (Lipinski definition) is 0. The van der Waals surface area contributed by atoms with Crippen LogP contribution in [0.4, 0.5) is 0 Å². The van der Waals surface area contributed by atoms with Gasteiger partial charge < -0.3 is 14.2 Å². The van der Waals surface area contributed by atoms with Gasteiger partial charge in [0, 0.05) is 0 Å². The second kappa shape index (κ2) is 15.6. The molecule has 1 aliphatic carbocycles. The monoisotopic (exact) mass is 966 g/mol. The third-order valence-corrected chi connectivity index (χ3v) is 11.1. The molecule has 0 N–H and O–H groups in total. The molecular formula is C42H33I3O3. The van der Waals surface area contributed by atoms with Gasteiger partial charge in [-0.3, -0.25) is 0 Å². The maximum Gasteiger partial charge on any atom is 0.133 e. The molecule has 0 atom stereocenters. The average Bonchev–Trinajstić information content (AvgIpc) is 3.16. The maximum absolute atomic E-state index is 6.43. The molecule has 3 nitrogen and oxygen atoms in total. The lowest BCUT2D eigenvalue weighted by atomic mass is 9.94. The molecule has 0 amide bonds. The number of ether oxygens (including phenoxy) is 3. The van der Waals surface area contributed by atoms with Crippen LogP contribution < -0.4 is 14.2 Å². The van der Waals surface area contributed by atoms with Crippen LogP contribution in [0.25, 0.3) is 0 Å². The summed E-state index contributed by atoms with van der Waals surface area (Å²) in [4.78, 5) is 0. The van der Waals surface area contributed by atoms with Crippen molar-refractivity contribution in [3.05, 3.63) is 188 Å². The third kappa shape index (κ3) is 8.19. The molecule has 240 valence electrons. The van der Waals surface area contributed by atoms with Crippen molar-refractivity contribution in [2.45, 2.75) is 39.1 Å². The van der Waals surface area contributed by atoms with E-state index < -0.39 is 0 Å². The van der Waals surface area contributed by atoms with Gasteiger partial charge in [-0.1, -0.05) is 91.0 Å². The maximum atomic E-state index is 6.43. The fraction of sp³-hybridized carbons (Fsp3) is 0.143. The molecule has 6 heteroatoms. The topological polar surface area (TPSA) is 27.7 Å². The lowest BCUT2D eigenvalue weighted by Crippen LogP contribution is -2.04. The van der Waals surface area contributed by atoms with Gasteiger partial charge in [0.2, 0.25) is 0 Å². The van der Waals surface area contributed by atoms with Gasteiger partial charge in [0.15, 0.2) is 0 Å². The summed E-state index contributed by atoms with van der Waals surface area (Å²) in [5, 5.41) is 0. The molecule has 0 aromatic heterocycles. The zero-order valence-electron chi connectivity index (χ0n) is 26.2. The summed E-state index contributed by atoms with van der Waals surface area (Å²) < 4.78 is 22.6. The minimum absolute atomic E-state index is 0.537. The van der Waals surface area contributed by atoms with Gasteiger partial charge in [-0.2, -0.15) is 0 Å². The van der Waals surface area contributed by atoms with Crippen molar-refractivity contribution in [1.82, 2.24) is 0 Å². The van der Waals surface area contributed by atoms with Crippen molar-refractivity contribution in [3.63, 3.8) is 0 Å². The molecule has 1 aliphatic rings. The largest absolute Gasteiger partial charge is 0.488 e. The molecule has 0 spiro atoms. The van der Waals surface area contributed by atoms with Gasteiger partial charge in [0.1, 0.15) is 37.1 Å². The van der Waals surface area contributed by atoms with Crippen molar-refractivity contribution in [3.8, 4) is 17.2 Å². The number of halogens is 3. The Balaban J connectivity index is 1.27. The first-order chi connectivity index (χ1) is 23.5. The van der Waals surface area contributed by atoms with E-state index in [1.54, 1.807) is 0 Å². The first-order valence-corrected chi connectivity index (χ1v) is 19.2. The van der Waals surface area contributed by atoms with E-state index in [4.69, 9.17) is 14.2 Å². The predicted octanol–water partition coefficient (Wildman–Crippen LogP) is 11.3. The Bertz CT molecular complexity index is 1790. The van der Waals surface area contributed by atoms with E-state index in [0.717, 1.165) is 63.9 Å². The van der Waals surface area contributed by atoms with Crippen molar-refractivity contribution >= 4 is 67.8 Å². The molecule has 6 aromatic rings. The van der Waals surface area contributed by atoms with Gasteiger partial charge in [-0.25, -0.2) is 0 Å².